The maximum atomic E-state index is 11.4. The summed E-state index contributed by atoms with van der Waals surface area (Å²) in [6.45, 7) is 1.01. The molecular formula is C10H13BrN4O. The number of anilines is 1. The summed E-state index contributed by atoms with van der Waals surface area (Å²) in [5.74, 6) is 1.15. The normalized spacial score (nSPS) is 14.6. The van der Waals surface area contributed by atoms with Gasteiger partial charge in [0, 0.05) is 18.9 Å². The van der Waals surface area contributed by atoms with E-state index in [1.54, 1.807) is 12.4 Å². The van der Waals surface area contributed by atoms with E-state index in [-0.39, 0.29) is 12.5 Å². The van der Waals surface area contributed by atoms with E-state index in [1.165, 1.54) is 12.8 Å². The molecule has 16 heavy (non-hydrogen) atoms. The molecule has 0 unspecified atom stereocenters. The van der Waals surface area contributed by atoms with Crippen molar-refractivity contribution >= 4 is 27.8 Å². The molecule has 1 aliphatic carbocycles. The van der Waals surface area contributed by atoms with Gasteiger partial charge in [-0.1, -0.05) is 0 Å². The molecule has 1 heterocycles. The first-order valence-corrected chi connectivity index (χ1v) is 6.01. The number of carbonyl (C=O) groups is 1. The van der Waals surface area contributed by atoms with Crippen molar-refractivity contribution in [2.24, 2.45) is 5.92 Å². The molecule has 2 rings (SSSR count). The van der Waals surface area contributed by atoms with Crippen LogP contribution in [0.5, 0.6) is 0 Å². The van der Waals surface area contributed by atoms with Crippen LogP contribution in [0.15, 0.2) is 16.9 Å². The lowest BCUT2D eigenvalue weighted by Crippen LogP contribution is -2.31. The van der Waals surface area contributed by atoms with Gasteiger partial charge in [0.05, 0.1) is 11.0 Å². The van der Waals surface area contributed by atoms with Crippen molar-refractivity contribution in [3.05, 3.63) is 16.9 Å². The minimum absolute atomic E-state index is 0.0154. The lowest BCUT2D eigenvalue weighted by molar-refractivity contribution is -0.119. The first kappa shape index (κ1) is 11.3. The van der Waals surface area contributed by atoms with Gasteiger partial charge in [-0.3, -0.25) is 4.79 Å². The zero-order chi connectivity index (χ0) is 11.4. The summed E-state index contributed by atoms with van der Waals surface area (Å²) >= 11 is 3.24. The molecular weight excluding hydrogens is 272 g/mol. The first-order chi connectivity index (χ1) is 7.74. The molecule has 86 valence electrons. The Morgan fingerprint density at radius 2 is 2.12 bits per heavy atom. The predicted molar refractivity (Wildman–Crippen MR) is 64.0 cm³/mol. The Labute approximate surface area is 102 Å². The van der Waals surface area contributed by atoms with Crippen LogP contribution in [0.25, 0.3) is 0 Å². The number of hydrogen-bond acceptors (Lipinski definition) is 4. The SMILES string of the molecule is O=C(CNc1ncc(Br)cn1)NCC1CC1. The molecule has 1 aromatic heterocycles. The topological polar surface area (TPSA) is 66.9 Å². The van der Waals surface area contributed by atoms with E-state index in [9.17, 15) is 4.79 Å². The largest absolute Gasteiger partial charge is 0.354 e. The fraction of sp³-hybridized carbons (Fsp3) is 0.500. The Bertz CT molecular complexity index is 364. The van der Waals surface area contributed by atoms with Crippen LogP contribution in [0.3, 0.4) is 0 Å². The maximum absolute atomic E-state index is 11.4. The van der Waals surface area contributed by atoms with E-state index in [4.69, 9.17) is 0 Å². The van der Waals surface area contributed by atoms with Crippen molar-refractivity contribution < 1.29 is 4.79 Å². The van der Waals surface area contributed by atoms with Crippen molar-refractivity contribution in [2.45, 2.75) is 12.8 Å². The summed E-state index contributed by atoms with van der Waals surface area (Å²) in [7, 11) is 0. The number of carbonyl (C=O) groups excluding carboxylic acids is 1. The smallest absolute Gasteiger partial charge is 0.239 e. The second-order valence-electron chi connectivity index (χ2n) is 3.83. The molecule has 6 heteroatoms. The molecule has 0 aliphatic heterocycles. The zero-order valence-corrected chi connectivity index (χ0v) is 10.3. The van der Waals surface area contributed by atoms with E-state index >= 15 is 0 Å². The third kappa shape index (κ3) is 3.77. The van der Waals surface area contributed by atoms with Crippen LogP contribution in [0.4, 0.5) is 5.95 Å². The van der Waals surface area contributed by atoms with E-state index in [0.29, 0.717) is 11.9 Å². The van der Waals surface area contributed by atoms with Crippen LogP contribution in [0.1, 0.15) is 12.8 Å². The first-order valence-electron chi connectivity index (χ1n) is 5.22. The number of halogens is 1. The molecule has 0 saturated heterocycles. The molecule has 1 aromatic rings. The van der Waals surface area contributed by atoms with Gasteiger partial charge in [-0.15, -0.1) is 0 Å². The Hall–Kier alpha value is -1.17. The Balaban J connectivity index is 1.69. The Morgan fingerprint density at radius 3 is 2.75 bits per heavy atom. The number of hydrogen-bond donors (Lipinski definition) is 2. The number of aromatic nitrogens is 2. The Morgan fingerprint density at radius 1 is 1.44 bits per heavy atom. The third-order valence-corrected chi connectivity index (χ3v) is 2.72. The molecule has 2 N–H and O–H groups in total. The monoisotopic (exact) mass is 284 g/mol. The highest BCUT2D eigenvalue weighted by molar-refractivity contribution is 9.10. The van der Waals surface area contributed by atoms with Crippen molar-refractivity contribution in [3.8, 4) is 0 Å². The number of nitrogens with zero attached hydrogens (tertiary/aromatic N) is 2. The molecule has 1 saturated carbocycles. The summed E-state index contributed by atoms with van der Waals surface area (Å²) in [5, 5.41) is 5.72. The van der Waals surface area contributed by atoms with Crippen LogP contribution in [-0.2, 0) is 4.79 Å². The van der Waals surface area contributed by atoms with Gasteiger partial charge in [-0.05, 0) is 34.7 Å². The van der Waals surface area contributed by atoms with Gasteiger partial charge in [-0.25, -0.2) is 9.97 Å². The summed E-state index contributed by atoms with van der Waals surface area (Å²) < 4.78 is 0.816. The van der Waals surface area contributed by atoms with Crippen LogP contribution >= 0.6 is 15.9 Å². The molecule has 1 amide bonds. The molecule has 1 aliphatic rings. The van der Waals surface area contributed by atoms with Crippen molar-refractivity contribution in [2.75, 3.05) is 18.4 Å². The summed E-state index contributed by atoms with van der Waals surface area (Å²) in [6.07, 6.45) is 5.75. The molecule has 0 bridgehead atoms. The Kier molecular flexibility index (Phi) is 3.71. The average Bonchev–Trinajstić information content (AvgIpc) is 3.09. The van der Waals surface area contributed by atoms with Gasteiger partial charge in [0.15, 0.2) is 0 Å². The molecule has 0 spiro atoms. The van der Waals surface area contributed by atoms with Gasteiger partial charge in [-0.2, -0.15) is 0 Å². The second kappa shape index (κ2) is 5.25. The van der Waals surface area contributed by atoms with Crippen molar-refractivity contribution in [1.29, 1.82) is 0 Å². The van der Waals surface area contributed by atoms with Gasteiger partial charge in [0.2, 0.25) is 11.9 Å². The number of nitrogens with one attached hydrogen (secondary N) is 2. The maximum Gasteiger partial charge on any atom is 0.239 e. The summed E-state index contributed by atoms with van der Waals surface area (Å²) in [5.41, 5.74) is 0. The van der Waals surface area contributed by atoms with Gasteiger partial charge in [0.25, 0.3) is 0 Å². The quantitative estimate of drug-likeness (QED) is 0.852. The van der Waals surface area contributed by atoms with E-state index in [0.717, 1.165) is 11.0 Å². The van der Waals surface area contributed by atoms with Crippen LogP contribution in [-0.4, -0.2) is 29.0 Å². The van der Waals surface area contributed by atoms with E-state index in [2.05, 4.69) is 36.5 Å². The van der Waals surface area contributed by atoms with Crippen LogP contribution in [0, 0.1) is 5.92 Å². The highest BCUT2D eigenvalue weighted by atomic mass is 79.9. The summed E-state index contributed by atoms with van der Waals surface area (Å²) in [4.78, 5) is 19.4. The standard InChI is InChI=1S/C10H13BrN4O/c11-8-4-13-10(14-5-8)15-6-9(16)12-3-7-1-2-7/h4-5,7H,1-3,6H2,(H,12,16)(H,13,14,15). The third-order valence-electron chi connectivity index (χ3n) is 2.31. The lowest BCUT2D eigenvalue weighted by Gasteiger charge is -2.05. The lowest BCUT2D eigenvalue weighted by atomic mass is 10.4. The predicted octanol–water partition coefficient (Wildman–Crippen LogP) is 1.18. The van der Waals surface area contributed by atoms with Gasteiger partial charge >= 0.3 is 0 Å². The van der Waals surface area contributed by atoms with E-state index < -0.39 is 0 Å². The van der Waals surface area contributed by atoms with Crippen molar-refractivity contribution in [3.63, 3.8) is 0 Å². The minimum Gasteiger partial charge on any atom is -0.354 e. The molecule has 0 aromatic carbocycles. The minimum atomic E-state index is -0.0154. The zero-order valence-electron chi connectivity index (χ0n) is 8.74. The fourth-order valence-electron chi connectivity index (χ4n) is 1.21. The highest BCUT2D eigenvalue weighted by Crippen LogP contribution is 2.27. The molecule has 0 radical (unpaired) electrons. The van der Waals surface area contributed by atoms with E-state index in [1.807, 2.05) is 0 Å². The van der Waals surface area contributed by atoms with Crippen LogP contribution < -0.4 is 10.6 Å². The number of rotatable bonds is 5. The van der Waals surface area contributed by atoms with Gasteiger partial charge in [0.1, 0.15) is 0 Å². The van der Waals surface area contributed by atoms with Gasteiger partial charge < -0.3 is 10.6 Å². The fourth-order valence-corrected chi connectivity index (χ4v) is 1.41. The average molecular weight is 285 g/mol. The summed E-state index contributed by atoms with van der Waals surface area (Å²) in [6, 6.07) is 0. The molecule has 0 atom stereocenters. The molecule has 1 fully saturated rings. The highest BCUT2D eigenvalue weighted by Gasteiger charge is 2.21. The van der Waals surface area contributed by atoms with Crippen molar-refractivity contribution in [1.82, 2.24) is 15.3 Å². The number of amides is 1. The second-order valence-corrected chi connectivity index (χ2v) is 4.74. The van der Waals surface area contributed by atoms with Crippen LogP contribution in [0.2, 0.25) is 0 Å². The molecule has 5 nitrogen and oxygen atoms in total.